The second-order valence-electron chi connectivity index (χ2n) is 16.0. The molecule has 6 aliphatic rings. The summed E-state index contributed by atoms with van der Waals surface area (Å²) < 4.78 is 43.2. The van der Waals surface area contributed by atoms with Gasteiger partial charge in [0.2, 0.25) is 10.9 Å². The first-order valence-electron chi connectivity index (χ1n) is 19.9. The highest BCUT2D eigenvalue weighted by Gasteiger charge is 2.52. The minimum atomic E-state index is -0.911. The van der Waals surface area contributed by atoms with Crippen LogP contribution in [0.5, 0.6) is 11.5 Å². The number of pyridine rings is 2. The third-order valence-corrected chi connectivity index (χ3v) is 12.8. The summed E-state index contributed by atoms with van der Waals surface area (Å²) in [5.41, 5.74) is -1.42. The Morgan fingerprint density at radius 2 is 1.08 bits per heavy atom. The maximum Gasteiger partial charge on any atom is 0.276 e. The lowest BCUT2D eigenvalue weighted by Gasteiger charge is -2.36. The predicted octanol–water partition coefficient (Wildman–Crippen LogP) is 3.93. The lowest BCUT2D eigenvalue weighted by atomic mass is 10.1. The number of nitrogens with one attached hydrogen (secondary N) is 2. The van der Waals surface area contributed by atoms with Crippen LogP contribution in [0.4, 0.5) is 8.78 Å². The SMILES string of the molecule is C[C@H]1CN2C(=O)c3c(O)c(=O)c(C(=O)NCc4cccc(Cl)c4F)c4n3[C@@H](CC4)[C@H]2O1.C[C@H]1CN2C(=O)c3c(O)c(=O)c(C(=O)NCc4cccc(Cl)c4F)c4n3[C@H](CC4)[C@@H]2O1. The molecule has 2 aromatic heterocycles. The van der Waals surface area contributed by atoms with Gasteiger partial charge in [0.25, 0.3) is 23.6 Å². The van der Waals surface area contributed by atoms with Crippen molar-refractivity contribution in [2.75, 3.05) is 13.1 Å². The molecule has 0 aliphatic carbocycles. The molecule has 4 aromatic rings. The molecule has 6 atom stereocenters. The fraction of sp³-hybridized carbons (Fsp3) is 0.381. The van der Waals surface area contributed by atoms with E-state index in [1.807, 2.05) is 13.8 Å². The molecule has 324 valence electrons. The second kappa shape index (κ2) is 15.5. The Morgan fingerprint density at radius 3 is 1.47 bits per heavy atom. The number of hydrogen-bond acceptors (Lipinski definition) is 10. The van der Waals surface area contributed by atoms with Crippen molar-refractivity contribution < 1.29 is 47.6 Å². The van der Waals surface area contributed by atoms with Crippen molar-refractivity contribution >= 4 is 46.8 Å². The number of aromatic nitrogens is 2. The lowest BCUT2D eigenvalue weighted by molar-refractivity contribution is -0.0313. The van der Waals surface area contributed by atoms with Crippen molar-refractivity contribution in [2.45, 2.75) is 89.4 Å². The summed E-state index contributed by atoms with van der Waals surface area (Å²) in [4.78, 5) is 80.6. The van der Waals surface area contributed by atoms with Gasteiger partial charge in [-0.05, 0) is 51.7 Å². The highest BCUT2D eigenvalue weighted by Crippen LogP contribution is 2.44. The smallest absolute Gasteiger partial charge is 0.276 e. The van der Waals surface area contributed by atoms with Crippen LogP contribution in [0.2, 0.25) is 10.0 Å². The zero-order valence-electron chi connectivity index (χ0n) is 33.0. The van der Waals surface area contributed by atoms with Gasteiger partial charge in [0.15, 0.2) is 35.3 Å². The fourth-order valence-corrected chi connectivity index (χ4v) is 9.94. The van der Waals surface area contributed by atoms with Crippen molar-refractivity contribution in [2.24, 2.45) is 0 Å². The van der Waals surface area contributed by atoms with Gasteiger partial charge in [0, 0.05) is 48.7 Å². The van der Waals surface area contributed by atoms with Crippen LogP contribution < -0.4 is 21.5 Å². The van der Waals surface area contributed by atoms with Crippen molar-refractivity contribution in [1.29, 1.82) is 0 Å². The van der Waals surface area contributed by atoms with Gasteiger partial charge in [-0.25, -0.2) is 8.78 Å². The van der Waals surface area contributed by atoms with E-state index in [-0.39, 0.29) is 81.1 Å². The van der Waals surface area contributed by atoms with Crippen molar-refractivity contribution in [3.05, 3.63) is 124 Å². The van der Waals surface area contributed by atoms with Crippen LogP contribution in [-0.2, 0) is 35.4 Å². The van der Waals surface area contributed by atoms with Gasteiger partial charge in [0.1, 0.15) is 22.8 Å². The minimum absolute atomic E-state index is 0.0754. The minimum Gasteiger partial charge on any atom is -0.503 e. The Morgan fingerprint density at radius 1 is 0.694 bits per heavy atom. The molecule has 16 nitrogen and oxygen atoms in total. The maximum absolute atomic E-state index is 14.1. The molecule has 2 aromatic carbocycles. The van der Waals surface area contributed by atoms with Gasteiger partial charge in [-0.2, -0.15) is 0 Å². The van der Waals surface area contributed by atoms with Crippen molar-refractivity contribution in [1.82, 2.24) is 29.6 Å². The Bertz CT molecular complexity index is 2580. The zero-order valence-corrected chi connectivity index (χ0v) is 34.6. The van der Waals surface area contributed by atoms with E-state index >= 15 is 0 Å². The molecule has 0 unspecified atom stereocenters. The number of benzene rings is 2. The first-order valence-corrected chi connectivity index (χ1v) is 20.7. The first-order chi connectivity index (χ1) is 29.6. The van der Waals surface area contributed by atoms with Crippen LogP contribution in [0.15, 0.2) is 46.0 Å². The summed E-state index contributed by atoms with van der Waals surface area (Å²) in [5, 5.41) is 26.1. The molecule has 2 saturated heterocycles. The third kappa shape index (κ3) is 6.45. The van der Waals surface area contributed by atoms with Gasteiger partial charge in [0.05, 0.1) is 34.3 Å². The normalized spacial score (nSPS) is 23.6. The molecule has 2 fully saturated rings. The highest BCUT2D eigenvalue weighted by molar-refractivity contribution is 6.31. The van der Waals surface area contributed by atoms with Gasteiger partial charge >= 0.3 is 0 Å². The van der Waals surface area contributed by atoms with E-state index in [1.165, 1.54) is 34.1 Å². The van der Waals surface area contributed by atoms with Crippen LogP contribution >= 0.6 is 23.2 Å². The van der Waals surface area contributed by atoms with Crippen LogP contribution in [0.3, 0.4) is 0 Å². The molecule has 62 heavy (non-hydrogen) atoms. The molecular formula is C42H38Cl2F2N6O10. The van der Waals surface area contributed by atoms with E-state index in [0.717, 1.165) is 0 Å². The summed E-state index contributed by atoms with van der Waals surface area (Å²) in [7, 11) is 0. The molecule has 6 aliphatic heterocycles. The monoisotopic (exact) mass is 894 g/mol. The van der Waals surface area contributed by atoms with Crippen LogP contribution in [-0.4, -0.2) is 90.5 Å². The number of fused-ring (bicyclic) bond motifs is 4. The summed E-state index contributed by atoms with van der Waals surface area (Å²) in [6, 6.07) is 8.24. The van der Waals surface area contributed by atoms with Crippen LogP contribution in [0.25, 0.3) is 0 Å². The van der Waals surface area contributed by atoms with Crippen molar-refractivity contribution in [3.63, 3.8) is 0 Å². The summed E-state index contributed by atoms with van der Waals surface area (Å²) in [5.74, 6) is -5.29. The highest BCUT2D eigenvalue weighted by atomic mass is 35.5. The van der Waals surface area contributed by atoms with E-state index < -0.39 is 70.1 Å². The third-order valence-electron chi connectivity index (χ3n) is 12.2. The lowest BCUT2D eigenvalue weighted by Crippen LogP contribution is -2.48. The number of rotatable bonds is 6. The summed E-state index contributed by atoms with van der Waals surface area (Å²) in [6.07, 6.45) is 0.507. The van der Waals surface area contributed by atoms with Gasteiger partial charge in [-0.3, -0.25) is 28.8 Å². The second-order valence-corrected chi connectivity index (χ2v) is 16.8. The Balaban J connectivity index is 0.000000158. The van der Waals surface area contributed by atoms with E-state index in [0.29, 0.717) is 50.2 Å². The van der Waals surface area contributed by atoms with Gasteiger partial charge in [-0.1, -0.05) is 47.5 Å². The summed E-state index contributed by atoms with van der Waals surface area (Å²) >= 11 is 11.5. The Labute approximate surface area is 360 Å². The largest absolute Gasteiger partial charge is 0.503 e. The van der Waals surface area contributed by atoms with E-state index in [4.69, 9.17) is 32.7 Å². The zero-order chi connectivity index (χ0) is 44.0. The number of amides is 4. The molecule has 10 rings (SSSR count). The van der Waals surface area contributed by atoms with E-state index in [1.54, 1.807) is 21.3 Å². The number of hydrogen-bond donors (Lipinski definition) is 4. The quantitative estimate of drug-likeness (QED) is 0.220. The molecule has 0 saturated carbocycles. The Kier molecular flexibility index (Phi) is 10.4. The first kappa shape index (κ1) is 41.5. The molecule has 0 spiro atoms. The van der Waals surface area contributed by atoms with Gasteiger partial charge in [-0.15, -0.1) is 0 Å². The van der Waals surface area contributed by atoms with Crippen LogP contribution in [0.1, 0.15) is 103 Å². The molecule has 20 heteroatoms. The number of carbonyl (C=O) groups excluding carboxylic acids is 4. The topological polar surface area (TPSA) is 202 Å². The maximum atomic E-state index is 14.1. The molecule has 4 amide bonds. The van der Waals surface area contributed by atoms with Crippen molar-refractivity contribution in [3.8, 4) is 11.5 Å². The van der Waals surface area contributed by atoms with Crippen LogP contribution in [0, 0.1) is 11.6 Å². The molecular weight excluding hydrogens is 857 g/mol. The van der Waals surface area contributed by atoms with E-state index in [9.17, 15) is 47.8 Å². The number of ether oxygens (including phenoxy) is 2. The number of halogens is 4. The van der Waals surface area contributed by atoms with Gasteiger partial charge < -0.3 is 49.3 Å². The predicted molar refractivity (Wildman–Crippen MR) is 215 cm³/mol. The molecule has 4 N–H and O–H groups in total. The molecule has 8 heterocycles. The number of carbonyl (C=O) groups is 4. The van der Waals surface area contributed by atoms with E-state index in [2.05, 4.69) is 10.6 Å². The molecule has 0 radical (unpaired) electrons. The average molecular weight is 896 g/mol. The number of aromatic hydroxyl groups is 2. The number of nitrogens with zero attached hydrogens (tertiary/aromatic N) is 4. The average Bonchev–Trinajstić information content (AvgIpc) is 4.05. The fourth-order valence-electron chi connectivity index (χ4n) is 9.55. The Hall–Kier alpha value is -5.82. The summed E-state index contributed by atoms with van der Waals surface area (Å²) in [6.45, 7) is 4.07. The molecule has 0 bridgehead atoms. The standard InChI is InChI=1S/2C21H19ClFN3O5/c2*1-9-8-25-20(30)16-18(28)17(27)14(12-5-6-13(26(12)16)21(25)31-9)19(29)24-7-10-3-2-4-11(22)15(10)23/h2*2-4,9,13,21,28H,5-8H2,1H3,(H,24,29)/t9-,13+,21-;9-,13-,21+/m00/s1.